The first-order chi connectivity index (χ1) is 9.19. The van der Waals surface area contributed by atoms with Gasteiger partial charge in [0, 0.05) is 23.3 Å². The zero-order chi connectivity index (χ0) is 13.2. The molecule has 1 aliphatic rings. The van der Waals surface area contributed by atoms with Gasteiger partial charge in [-0.1, -0.05) is 15.9 Å². The van der Waals surface area contributed by atoms with Crippen LogP contribution in [0.1, 0.15) is 24.1 Å². The minimum atomic E-state index is -0.229. The van der Waals surface area contributed by atoms with Gasteiger partial charge in [0.2, 0.25) is 0 Å². The van der Waals surface area contributed by atoms with Crippen molar-refractivity contribution in [2.75, 3.05) is 0 Å². The monoisotopic (exact) mass is 323 g/mol. The first-order valence-electron chi connectivity index (χ1n) is 6.40. The van der Waals surface area contributed by atoms with Gasteiger partial charge in [-0.25, -0.2) is 4.39 Å². The Morgan fingerprint density at radius 1 is 1.37 bits per heavy atom. The second kappa shape index (κ2) is 5.43. The fraction of sp³-hybridized carbons (Fsp3) is 0.357. The van der Waals surface area contributed by atoms with Gasteiger partial charge in [-0.15, -0.1) is 0 Å². The maximum atomic E-state index is 13.3. The van der Waals surface area contributed by atoms with Gasteiger partial charge in [-0.2, -0.15) is 5.10 Å². The number of nitrogens with one attached hydrogen (secondary N) is 1. The summed E-state index contributed by atoms with van der Waals surface area (Å²) in [5.41, 5.74) is 1.93. The van der Waals surface area contributed by atoms with E-state index >= 15 is 0 Å². The standard InChI is InChI=1S/C14H15BrFN3/c15-11-5-10(6-12(16)7-11)9-19-4-3-14(18-19)8-17-13-1-2-13/h3-7,13,17H,1-2,8-9H2. The summed E-state index contributed by atoms with van der Waals surface area (Å²) in [5.74, 6) is -0.229. The molecule has 0 unspecified atom stereocenters. The highest BCUT2D eigenvalue weighted by Gasteiger charge is 2.20. The number of rotatable bonds is 5. The molecule has 1 heterocycles. The molecule has 100 valence electrons. The summed E-state index contributed by atoms with van der Waals surface area (Å²) in [6, 6.07) is 7.59. The summed E-state index contributed by atoms with van der Waals surface area (Å²) >= 11 is 3.30. The first kappa shape index (κ1) is 12.8. The van der Waals surface area contributed by atoms with Crippen LogP contribution < -0.4 is 5.32 Å². The summed E-state index contributed by atoms with van der Waals surface area (Å²) in [4.78, 5) is 0. The molecule has 1 fully saturated rings. The van der Waals surface area contributed by atoms with Crippen LogP contribution in [-0.4, -0.2) is 15.8 Å². The Hall–Kier alpha value is -1.20. The van der Waals surface area contributed by atoms with Crippen molar-refractivity contribution in [2.24, 2.45) is 0 Å². The van der Waals surface area contributed by atoms with E-state index in [-0.39, 0.29) is 5.82 Å². The quantitative estimate of drug-likeness (QED) is 0.916. The molecule has 3 nitrogen and oxygen atoms in total. The summed E-state index contributed by atoms with van der Waals surface area (Å²) < 4.78 is 15.9. The molecule has 0 atom stereocenters. The predicted octanol–water partition coefficient (Wildman–Crippen LogP) is 3.09. The number of halogens is 2. The highest BCUT2D eigenvalue weighted by Crippen LogP contribution is 2.19. The fourth-order valence-corrected chi connectivity index (χ4v) is 2.52. The number of hydrogen-bond acceptors (Lipinski definition) is 2. The van der Waals surface area contributed by atoms with Gasteiger partial charge in [0.25, 0.3) is 0 Å². The summed E-state index contributed by atoms with van der Waals surface area (Å²) in [7, 11) is 0. The average Bonchev–Trinajstić information content (AvgIpc) is 3.06. The zero-order valence-electron chi connectivity index (χ0n) is 10.4. The first-order valence-corrected chi connectivity index (χ1v) is 7.19. The van der Waals surface area contributed by atoms with Crippen molar-refractivity contribution in [3.8, 4) is 0 Å². The van der Waals surface area contributed by atoms with Crippen LogP contribution in [0.15, 0.2) is 34.9 Å². The molecule has 0 aliphatic heterocycles. The Bertz CT molecular complexity index is 558. The Kier molecular flexibility index (Phi) is 3.66. The van der Waals surface area contributed by atoms with Gasteiger partial charge in [-0.3, -0.25) is 4.68 Å². The number of benzene rings is 1. The van der Waals surface area contributed by atoms with E-state index in [2.05, 4.69) is 26.3 Å². The maximum Gasteiger partial charge on any atom is 0.124 e. The van der Waals surface area contributed by atoms with Gasteiger partial charge in [0.15, 0.2) is 0 Å². The molecule has 0 amide bonds. The summed E-state index contributed by atoms with van der Waals surface area (Å²) in [6.07, 6.45) is 4.48. The van der Waals surface area contributed by atoms with Crippen molar-refractivity contribution in [2.45, 2.75) is 32.0 Å². The third-order valence-corrected chi connectivity index (χ3v) is 3.57. The van der Waals surface area contributed by atoms with Crippen LogP contribution in [0.4, 0.5) is 4.39 Å². The molecule has 1 aromatic carbocycles. The molecule has 0 spiro atoms. The molecule has 1 N–H and O–H groups in total. The van der Waals surface area contributed by atoms with E-state index in [4.69, 9.17) is 0 Å². The Labute approximate surface area is 119 Å². The molecule has 1 aliphatic carbocycles. The smallest absolute Gasteiger partial charge is 0.124 e. The van der Waals surface area contributed by atoms with Crippen molar-refractivity contribution in [3.05, 3.63) is 52.0 Å². The molecule has 1 aromatic heterocycles. The van der Waals surface area contributed by atoms with Gasteiger partial charge in [0.05, 0.1) is 12.2 Å². The highest BCUT2D eigenvalue weighted by atomic mass is 79.9. The lowest BCUT2D eigenvalue weighted by atomic mass is 10.2. The second-order valence-corrected chi connectivity index (χ2v) is 5.85. The van der Waals surface area contributed by atoms with Gasteiger partial charge in [0.1, 0.15) is 5.82 Å². The SMILES string of the molecule is Fc1cc(Br)cc(Cn2ccc(CNC3CC3)n2)c1. The summed E-state index contributed by atoms with van der Waals surface area (Å²) in [5, 5.41) is 7.91. The van der Waals surface area contributed by atoms with Crippen molar-refractivity contribution in [1.29, 1.82) is 0 Å². The van der Waals surface area contributed by atoms with Crippen LogP contribution in [-0.2, 0) is 13.1 Å². The fourth-order valence-electron chi connectivity index (χ4n) is 2.01. The van der Waals surface area contributed by atoms with Crippen molar-refractivity contribution in [3.63, 3.8) is 0 Å². The lowest BCUT2D eigenvalue weighted by molar-refractivity contribution is 0.611. The average molecular weight is 324 g/mol. The van der Waals surface area contributed by atoms with Gasteiger partial charge >= 0.3 is 0 Å². The van der Waals surface area contributed by atoms with Crippen LogP contribution in [0.25, 0.3) is 0 Å². The van der Waals surface area contributed by atoms with Gasteiger partial charge < -0.3 is 5.32 Å². The Morgan fingerprint density at radius 2 is 2.21 bits per heavy atom. The van der Waals surface area contributed by atoms with E-state index in [1.165, 1.54) is 25.0 Å². The lowest BCUT2D eigenvalue weighted by Gasteiger charge is -2.03. The molecule has 0 radical (unpaired) electrons. The van der Waals surface area contributed by atoms with Crippen molar-refractivity contribution < 1.29 is 4.39 Å². The molecule has 19 heavy (non-hydrogen) atoms. The van der Waals surface area contributed by atoms with Gasteiger partial charge in [-0.05, 0) is 42.7 Å². The molecule has 5 heteroatoms. The van der Waals surface area contributed by atoms with E-state index in [0.717, 1.165) is 22.3 Å². The molecule has 0 saturated heterocycles. The highest BCUT2D eigenvalue weighted by molar-refractivity contribution is 9.10. The van der Waals surface area contributed by atoms with E-state index < -0.39 is 0 Å². The maximum absolute atomic E-state index is 13.3. The number of nitrogens with zero attached hydrogens (tertiary/aromatic N) is 2. The lowest BCUT2D eigenvalue weighted by Crippen LogP contribution is -2.16. The molecule has 1 saturated carbocycles. The third kappa shape index (κ3) is 3.64. The Balaban J connectivity index is 1.65. The third-order valence-electron chi connectivity index (χ3n) is 3.11. The molecule has 2 aromatic rings. The Morgan fingerprint density at radius 3 is 2.95 bits per heavy atom. The van der Waals surface area contributed by atoms with Crippen LogP contribution in [0, 0.1) is 5.82 Å². The topological polar surface area (TPSA) is 29.9 Å². The molecular weight excluding hydrogens is 309 g/mol. The second-order valence-electron chi connectivity index (χ2n) is 4.94. The molecule has 0 bridgehead atoms. The van der Waals surface area contributed by atoms with Crippen LogP contribution in [0.3, 0.4) is 0 Å². The van der Waals surface area contributed by atoms with Crippen LogP contribution in [0.2, 0.25) is 0 Å². The number of aromatic nitrogens is 2. The van der Waals surface area contributed by atoms with Crippen molar-refractivity contribution in [1.82, 2.24) is 15.1 Å². The van der Waals surface area contributed by atoms with E-state index in [0.29, 0.717) is 12.6 Å². The number of hydrogen-bond donors (Lipinski definition) is 1. The minimum Gasteiger partial charge on any atom is -0.308 e. The summed E-state index contributed by atoms with van der Waals surface area (Å²) in [6.45, 7) is 1.39. The minimum absolute atomic E-state index is 0.229. The normalized spacial score (nSPS) is 14.8. The predicted molar refractivity (Wildman–Crippen MR) is 75.3 cm³/mol. The van der Waals surface area contributed by atoms with E-state index in [1.807, 2.05) is 23.0 Å². The van der Waals surface area contributed by atoms with E-state index in [9.17, 15) is 4.39 Å². The molecule has 3 rings (SSSR count). The molecular formula is C14H15BrFN3. The largest absolute Gasteiger partial charge is 0.308 e. The van der Waals surface area contributed by atoms with Crippen LogP contribution >= 0.6 is 15.9 Å². The van der Waals surface area contributed by atoms with Crippen LogP contribution in [0.5, 0.6) is 0 Å². The van der Waals surface area contributed by atoms with E-state index in [1.54, 1.807) is 0 Å². The van der Waals surface area contributed by atoms with Crippen molar-refractivity contribution >= 4 is 15.9 Å². The zero-order valence-corrected chi connectivity index (χ0v) is 12.0.